The third-order valence-corrected chi connectivity index (χ3v) is 4.01. The van der Waals surface area contributed by atoms with Crippen molar-refractivity contribution in [1.82, 2.24) is 14.7 Å². The molecule has 0 amide bonds. The van der Waals surface area contributed by atoms with Gasteiger partial charge in [0.2, 0.25) is 0 Å². The lowest BCUT2D eigenvalue weighted by atomic mass is 10.0. The van der Waals surface area contributed by atoms with Crippen LogP contribution in [-0.2, 0) is 7.05 Å². The third-order valence-electron chi connectivity index (χ3n) is 4.01. The molecular formula is C15H28N4. The Morgan fingerprint density at radius 3 is 2.58 bits per heavy atom. The predicted octanol–water partition coefficient (Wildman–Crippen LogP) is 2.24. The Morgan fingerprint density at radius 1 is 1.47 bits per heavy atom. The van der Waals surface area contributed by atoms with Crippen molar-refractivity contribution in [1.29, 1.82) is 0 Å². The summed E-state index contributed by atoms with van der Waals surface area (Å²) in [5.41, 5.74) is 8.50. The van der Waals surface area contributed by atoms with Gasteiger partial charge < -0.3 is 5.73 Å². The van der Waals surface area contributed by atoms with E-state index in [4.69, 9.17) is 5.73 Å². The molecule has 4 nitrogen and oxygen atoms in total. The predicted molar refractivity (Wildman–Crippen MR) is 78.9 cm³/mol. The van der Waals surface area contributed by atoms with Gasteiger partial charge in [0.25, 0.3) is 0 Å². The fourth-order valence-corrected chi connectivity index (χ4v) is 2.79. The molecule has 4 heteroatoms. The van der Waals surface area contributed by atoms with E-state index in [0.29, 0.717) is 12.6 Å². The van der Waals surface area contributed by atoms with Gasteiger partial charge in [0.15, 0.2) is 0 Å². The molecule has 0 aromatic carbocycles. The molecule has 2 rings (SSSR count). The molecule has 1 aliphatic rings. The van der Waals surface area contributed by atoms with E-state index in [-0.39, 0.29) is 0 Å². The zero-order valence-electron chi connectivity index (χ0n) is 12.8. The van der Waals surface area contributed by atoms with Gasteiger partial charge in [0, 0.05) is 31.4 Å². The highest BCUT2D eigenvalue weighted by Crippen LogP contribution is 2.35. The van der Waals surface area contributed by atoms with Gasteiger partial charge in [0.05, 0.1) is 11.7 Å². The van der Waals surface area contributed by atoms with E-state index in [1.54, 1.807) is 0 Å². The summed E-state index contributed by atoms with van der Waals surface area (Å²) in [5, 5.41) is 4.47. The minimum Gasteiger partial charge on any atom is -0.329 e. The number of aryl methyl sites for hydroxylation is 2. The molecule has 0 radical (unpaired) electrons. The van der Waals surface area contributed by atoms with Crippen LogP contribution in [0.5, 0.6) is 0 Å². The summed E-state index contributed by atoms with van der Waals surface area (Å²) in [5.74, 6) is 0.745. The minimum absolute atomic E-state index is 0.333. The summed E-state index contributed by atoms with van der Waals surface area (Å²) >= 11 is 0. The van der Waals surface area contributed by atoms with Crippen LogP contribution in [0.1, 0.15) is 50.4 Å². The van der Waals surface area contributed by atoms with E-state index in [1.807, 2.05) is 11.7 Å². The van der Waals surface area contributed by atoms with E-state index < -0.39 is 0 Å². The fourth-order valence-electron chi connectivity index (χ4n) is 2.79. The largest absolute Gasteiger partial charge is 0.329 e. The zero-order valence-corrected chi connectivity index (χ0v) is 12.8. The van der Waals surface area contributed by atoms with Crippen LogP contribution >= 0.6 is 0 Å². The van der Waals surface area contributed by atoms with Crippen molar-refractivity contribution in [2.45, 2.75) is 52.1 Å². The van der Waals surface area contributed by atoms with E-state index in [9.17, 15) is 0 Å². The molecule has 1 fully saturated rings. The maximum atomic E-state index is 6.08. The number of aromatic nitrogens is 2. The lowest BCUT2D eigenvalue weighted by molar-refractivity contribution is 0.180. The molecule has 1 aromatic rings. The zero-order chi connectivity index (χ0) is 14.0. The van der Waals surface area contributed by atoms with Crippen LogP contribution in [0, 0.1) is 12.8 Å². The first-order valence-corrected chi connectivity index (χ1v) is 7.48. The molecule has 0 saturated heterocycles. The monoisotopic (exact) mass is 264 g/mol. The molecule has 1 saturated carbocycles. The van der Waals surface area contributed by atoms with Crippen LogP contribution < -0.4 is 5.73 Å². The van der Waals surface area contributed by atoms with Crippen molar-refractivity contribution < 1.29 is 0 Å². The van der Waals surface area contributed by atoms with Crippen molar-refractivity contribution in [2.75, 3.05) is 13.1 Å². The van der Waals surface area contributed by atoms with Crippen molar-refractivity contribution in [2.24, 2.45) is 18.7 Å². The van der Waals surface area contributed by atoms with Gasteiger partial charge >= 0.3 is 0 Å². The topological polar surface area (TPSA) is 47.1 Å². The second kappa shape index (κ2) is 6.06. The number of nitrogens with zero attached hydrogens (tertiary/aromatic N) is 3. The highest BCUT2D eigenvalue weighted by molar-refractivity contribution is 5.21. The second-order valence-electron chi connectivity index (χ2n) is 6.25. The molecule has 1 atom stereocenters. The molecule has 1 aromatic heterocycles. The molecule has 1 unspecified atom stereocenters. The molecule has 1 aliphatic carbocycles. The van der Waals surface area contributed by atoms with Crippen molar-refractivity contribution >= 4 is 0 Å². The normalized spacial score (nSPS) is 17.4. The van der Waals surface area contributed by atoms with E-state index in [0.717, 1.165) is 24.2 Å². The number of hydrogen-bond donors (Lipinski definition) is 1. The van der Waals surface area contributed by atoms with Gasteiger partial charge in [-0.1, -0.05) is 13.8 Å². The van der Waals surface area contributed by atoms with Crippen LogP contribution in [0.4, 0.5) is 0 Å². The molecule has 0 aliphatic heterocycles. The Balaban J connectivity index is 2.14. The first-order valence-electron chi connectivity index (χ1n) is 7.48. The summed E-state index contributed by atoms with van der Waals surface area (Å²) in [4.78, 5) is 2.62. The van der Waals surface area contributed by atoms with Crippen LogP contribution in [-0.4, -0.2) is 33.8 Å². The molecule has 1 heterocycles. The molecule has 0 bridgehead atoms. The van der Waals surface area contributed by atoms with Crippen molar-refractivity contribution in [3.63, 3.8) is 0 Å². The highest BCUT2D eigenvalue weighted by Gasteiger charge is 2.34. The number of hydrogen-bond acceptors (Lipinski definition) is 3. The summed E-state index contributed by atoms with van der Waals surface area (Å²) in [6.45, 7) is 8.50. The van der Waals surface area contributed by atoms with Crippen LogP contribution in [0.2, 0.25) is 0 Å². The first-order chi connectivity index (χ1) is 9.02. The standard InChI is InChI=1S/C15H28N4/c1-11(2)7-8-19(13-5-6-13)15(9-16)14-10-18(4)17-12(14)3/h10-11,13,15H,5-9,16H2,1-4H3. The van der Waals surface area contributed by atoms with Crippen molar-refractivity contribution in [3.05, 3.63) is 17.5 Å². The van der Waals surface area contributed by atoms with Gasteiger partial charge in [0.1, 0.15) is 0 Å². The van der Waals surface area contributed by atoms with Crippen molar-refractivity contribution in [3.8, 4) is 0 Å². The van der Waals surface area contributed by atoms with Gasteiger partial charge in [-0.3, -0.25) is 9.58 Å². The summed E-state index contributed by atoms with van der Waals surface area (Å²) in [7, 11) is 1.99. The second-order valence-corrected chi connectivity index (χ2v) is 6.25. The Morgan fingerprint density at radius 2 is 2.16 bits per heavy atom. The van der Waals surface area contributed by atoms with E-state index in [1.165, 1.54) is 24.8 Å². The molecule has 2 N–H and O–H groups in total. The maximum absolute atomic E-state index is 6.08. The summed E-state index contributed by atoms with van der Waals surface area (Å²) in [6.07, 6.45) is 6.03. The summed E-state index contributed by atoms with van der Waals surface area (Å²) < 4.78 is 1.90. The van der Waals surface area contributed by atoms with Gasteiger partial charge in [-0.25, -0.2) is 0 Å². The maximum Gasteiger partial charge on any atom is 0.0641 e. The number of nitrogens with two attached hydrogens (primary N) is 1. The third kappa shape index (κ3) is 3.57. The summed E-state index contributed by atoms with van der Waals surface area (Å²) in [6, 6.07) is 1.08. The Hall–Kier alpha value is -0.870. The first kappa shape index (κ1) is 14.5. The average Bonchev–Trinajstić information content (AvgIpc) is 3.11. The van der Waals surface area contributed by atoms with Gasteiger partial charge in [-0.2, -0.15) is 5.10 Å². The van der Waals surface area contributed by atoms with E-state index >= 15 is 0 Å². The van der Waals surface area contributed by atoms with Crippen LogP contribution in [0.15, 0.2) is 6.20 Å². The molecule has 0 spiro atoms. The Bertz CT molecular complexity index is 406. The molecular weight excluding hydrogens is 236 g/mol. The van der Waals surface area contributed by atoms with Crippen LogP contribution in [0.25, 0.3) is 0 Å². The van der Waals surface area contributed by atoms with Gasteiger partial charge in [-0.15, -0.1) is 0 Å². The lowest BCUT2D eigenvalue weighted by Gasteiger charge is -2.31. The smallest absolute Gasteiger partial charge is 0.0641 e. The minimum atomic E-state index is 0.333. The van der Waals surface area contributed by atoms with Gasteiger partial charge in [-0.05, 0) is 38.6 Å². The fraction of sp³-hybridized carbons (Fsp3) is 0.800. The van der Waals surface area contributed by atoms with Crippen LogP contribution in [0.3, 0.4) is 0 Å². The Labute approximate surface area is 117 Å². The van der Waals surface area contributed by atoms with E-state index in [2.05, 4.69) is 37.0 Å². The molecule has 19 heavy (non-hydrogen) atoms. The lowest BCUT2D eigenvalue weighted by Crippen LogP contribution is -2.37. The SMILES string of the molecule is Cc1nn(C)cc1C(CN)N(CCC(C)C)C1CC1. The average molecular weight is 264 g/mol. The highest BCUT2D eigenvalue weighted by atomic mass is 15.3. The molecule has 108 valence electrons. The number of rotatable bonds is 7. The quantitative estimate of drug-likeness (QED) is 0.821. The Kier molecular flexibility index (Phi) is 4.63.